The van der Waals surface area contributed by atoms with Crippen molar-refractivity contribution in [1.29, 1.82) is 0 Å². The normalized spacial score (nSPS) is 21.4. The van der Waals surface area contributed by atoms with Crippen LogP contribution in [0.3, 0.4) is 0 Å². The molecule has 190 valence electrons. The van der Waals surface area contributed by atoms with E-state index in [0.717, 1.165) is 23.4 Å². The second-order valence-corrected chi connectivity index (χ2v) is 12.7. The topological polar surface area (TPSA) is 96.0 Å². The third kappa shape index (κ3) is 5.45. The Bertz CT molecular complexity index is 1200. The van der Waals surface area contributed by atoms with Crippen LogP contribution in [0, 0.1) is 11.8 Å². The van der Waals surface area contributed by atoms with Crippen LogP contribution in [0.2, 0.25) is 0 Å². The minimum Gasteiger partial charge on any atom is -0.462 e. The molecule has 1 N–H and O–H groups in total. The Morgan fingerprint density at radius 2 is 1.80 bits per heavy atom. The Hall–Kier alpha value is -2.27. The molecular weight excluding hydrogens is 486 g/mol. The standard InChI is InChI=1S/C25H33N3O5S2/c1-5-33-25(30)22-20-10-11-27(4)15-21(20)34-24(22)26-23(29)18-6-8-19(9-7-18)35(31,32)28-13-16(2)12-17(3)14-28/h6-9,16-17H,5,10-15H2,1-4H3,(H,26,29)/t16-,17-/m1/s1. The van der Waals surface area contributed by atoms with Crippen molar-refractivity contribution in [3.63, 3.8) is 0 Å². The number of carbonyl (C=O) groups excluding carboxylic acids is 2. The maximum absolute atomic E-state index is 13.1. The number of nitrogens with one attached hydrogen (secondary N) is 1. The number of likely N-dealkylation sites (N-methyl/N-ethyl adjacent to an activating group) is 1. The summed E-state index contributed by atoms with van der Waals surface area (Å²) in [5.41, 5.74) is 1.69. The smallest absolute Gasteiger partial charge is 0.341 e. The van der Waals surface area contributed by atoms with Gasteiger partial charge in [0.25, 0.3) is 5.91 Å². The molecule has 4 rings (SSSR count). The Balaban J connectivity index is 1.55. The van der Waals surface area contributed by atoms with E-state index in [1.54, 1.807) is 11.2 Å². The van der Waals surface area contributed by atoms with Crippen molar-refractivity contribution in [2.45, 2.75) is 45.1 Å². The molecule has 1 amide bonds. The number of benzene rings is 1. The second-order valence-electron chi connectivity index (χ2n) is 9.66. The van der Waals surface area contributed by atoms with Gasteiger partial charge in [0.15, 0.2) is 0 Å². The summed E-state index contributed by atoms with van der Waals surface area (Å²) in [6, 6.07) is 6.00. The van der Waals surface area contributed by atoms with Gasteiger partial charge in [0.05, 0.1) is 17.1 Å². The number of thiophene rings is 1. The Morgan fingerprint density at radius 1 is 1.14 bits per heavy atom. The zero-order chi connectivity index (χ0) is 25.3. The Labute approximate surface area is 211 Å². The SMILES string of the molecule is CCOC(=O)c1c(NC(=O)c2ccc(S(=O)(=O)N3C[C@H](C)C[C@@H](C)C3)cc2)sc2c1CCN(C)C2. The van der Waals surface area contributed by atoms with Gasteiger partial charge < -0.3 is 15.0 Å². The van der Waals surface area contributed by atoms with E-state index in [-0.39, 0.29) is 11.5 Å². The quantitative estimate of drug-likeness (QED) is 0.583. The van der Waals surface area contributed by atoms with Gasteiger partial charge in [0, 0.05) is 36.6 Å². The highest BCUT2D eigenvalue weighted by atomic mass is 32.2. The zero-order valence-corrected chi connectivity index (χ0v) is 22.3. The first-order valence-corrected chi connectivity index (χ1v) is 14.3. The maximum Gasteiger partial charge on any atom is 0.341 e. The van der Waals surface area contributed by atoms with E-state index in [2.05, 4.69) is 24.1 Å². The molecule has 2 aliphatic rings. The van der Waals surface area contributed by atoms with Gasteiger partial charge in [0.2, 0.25) is 10.0 Å². The van der Waals surface area contributed by atoms with Crippen molar-refractivity contribution in [1.82, 2.24) is 9.21 Å². The minimum absolute atomic E-state index is 0.178. The molecule has 2 atom stereocenters. The number of amides is 1. The minimum atomic E-state index is -3.62. The fourth-order valence-electron chi connectivity index (χ4n) is 4.94. The lowest BCUT2D eigenvalue weighted by Crippen LogP contribution is -2.42. The van der Waals surface area contributed by atoms with Crippen molar-refractivity contribution < 1.29 is 22.7 Å². The third-order valence-electron chi connectivity index (χ3n) is 6.54. The van der Waals surface area contributed by atoms with E-state index in [0.29, 0.717) is 54.0 Å². The van der Waals surface area contributed by atoms with E-state index < -0.39 is 21.9 Å². The largest absolute Gasteiger partial charge is 0.462 e. The van der Waals surface area contributed by atoms with Crippen molar-refractivity contribution >= 4 is 38.2 Å². The molecule has 0 unspecified atom stereocenters. The van der Waals surface area contributed by atoms with Gasteiger partial charge in [-0.05, 0) is 68.5 Å². The first-order valence-electron chi connectivity index (χ1n) is 12.0. The fourth-order valence-corrected chi connectivity index (χ4v) is 7.93. The van der Waals surface area contributed by atoms with Gasteiger partial charge in [-0.2, -0.15) is 4.31 Å². The van der Waals surface area contributed by atoms with Gasteiger partial charge >= 0.3 is 5.97 Å². The number of ether oxygens (including phenoxy) is 1. The Kier molecular flexibility index (Phi) is 7.65. The summed E-state index contributed by atoms with van der Waals surface area (Å²) < 4.78 is 33.1. The number of anilines is 1. The summed E-state index contributed by atoms with van der Waals surface area (Å²) in [5.74, 6) is -0.213. The molecule has 0 saturated carbocycles. The van der Waals surface area contributed by atoms with Gasteiger partial charge in [-0.1, -0.05) is 13.8 Å². The average Bonchev–Trinajstić information content (AvgIpc) is 3.15. The fraction of sp³-hybridized carbons (Fsp3) is 0.520. The monoisotopic (exact) mass is 519 g/mol. The van der Waals surface area contributed by atoms with Crippen LogP contribution in [0.25, 0.3) is 0 Å². The number of hydrogen-bond acceptors (Lipinski definition) is 7. The summed E-state index contributed by atoms with van der Waals surface area (Å²) >= 11 is 1.39. The van der Waals surface area contributed by atoms with Gasteiger partial charge in [-0.15, -0.1) is 11.3 Å². The number of nitrogens with zero attached hydrogens (tertiary/aromatic N) is 2. The van der Waals surface area contributed by atoms with Crippen LogP contribution in [-0.2, 0) is 27.7 Å². The van der Waals surface area contributed by atoms with Crippen LogP contribution in [0.4, 0.5) is 5.00 Å². The predicted molar refractivity (Wildman–Crippen MR) is 136 cm³/mol. The number of hydrogen-bond donors (Lipinski definition) is 1. The maximum atomic E-state index is 13.1. The zero-order valence-electron chi connectivity index (χ0n) is 20.7. The molecule has 0 radical (unpaired) electrons. The molecule has 0 aliphatic carbocycles. The van der Waals surface area contributed by atoms with E-state index >= 15 is 0 Å². The molecule has 1 aromatic carbocycles. The van der Waals surface area contributed by atoms with Gasteiger partial charge in [-0.25, -0.2) is 13.2 Å². The molecule has 1 saturated heterocycles. The molecule has 8 nitrogen and oxygen atoms in total. The lowest BCUT2D eigenvalue weighted by molar-refractivity contribution is 0.0526. The van der Waals surface area contributed by atoms with Crippen LogP contribution in [0.1, 0.15) is 58.3 Å². The first-order chi connectivity index (χ1) is 16.6. The highest BCUT2D eigenvalue weighted by molar-refractivity contribution is 7.89. The molecule has 2 aromatic rings. The van der Waals surface area contributed by atoms with Crippen LogP contribution in [0.5, 0.6) is 0 Å². The van der Waals surface area contributed by atoms with Crippen molar-refractivity contribution in [2.24, 2.45) is 11.8 Å². The number of carbonyl (C=O) groups is 2. The van der Waals surface area contributed by atoms with Crippen LogP contribution < -0.4 is 5.32 Å². The van der Waals surface area contributed by atoms with Crippen LogP contribution in [0.15, 0.2) is 29.2 Å². The van der Waals surface area contributed by atoms with E-state index in [9.17, 15) is 18.0 Å². The molecule has 0 spiro atoms. The lowest BCUT2D eigenvalue weighted by atomic mass is 9.94. The molecule has 1 fully saturated rings. The summed E-state index contributed by atoms with van der Waals surface area (Å²) in [6.45, 7) is 8.68. The summed E-state index contributed by atoms with van der Waals surface area (Å²) in [7, 11) is -1.60. The summed E-state index contributed by atoms with van der Waals surface area (Å²) in [4.78, 5) is 29.1. The van der Waals surface area contributed by atoms with E-state index in [4.69, 9.17) is 4.74 Å². The molecule has 2 aliphatic heterocycles. The lowest BCUT2D eigenvalue weighted by Gasteiger charge is -2.34. The number of piperidine rings is 1. The number of fused-ring (bicyclic) bond motifs is 1. The number of rotatable bonds is 6. The van der Waals surface area contributed by atoms with Crippen LogP contribution >= 0.6 is 11.3 Å². The molecule has 35 heavy (non-hydrogen) atoms. The predicted octanol–water partition coefficient (Wildman–Crippen LogP) is 3.83. The van der Waals surface area contributed by atoms with Gasteiger partial charge in [0.1, 0.15) is 5.00 Å². The third-order valence-corrected chi connectivity index (χ3v) is 9.52. The number of esters is 1. The molecule has 1 aromatic heterocycles. The van der Waals surface area contributed by atoms with Crippen molar-refractivity contribution in [3.05, 3.63) is 45.8 Å². The first kappa shape index (κ1) is 25.8. The molecular formula is C25H33N3O5S2. The molecule has 3 heterocycles. The van der Waals surface area contributed by atoms with Crippen molar-refractivity contribution in [3.8, 4) is 0 Å². The Morgan fingerprint density at radius 3 is 2.43 bits per heavy atom. The van der Waals surface area contributed by atoms with E-state index in [1.165, 1.54) is 35.6 Å². The summed E-state index contributed by atoms with van der Waals surface area (Å²) in [5, 5.41) is 3.35. The highest BCUT2D eigenvalue weighted by Gasteiger charge is 2.32. The highest BCUT2D eigenvalue weighted by Crippen LogP contribution is 2.37. The number of sulfonamides is 1. The van der Waals surface area contributed by atoms with Gasteiger partial charge in [-0.3, -0.25) is 4.79 Å². The summed E-state index contributed by atoms with van der Waals surface area (Å²) in [6.07, 6.45) is 1.73. The van der Waals surface area contributed by atoms with Crippen molar-refractivity contribution in [2.75, 3.05) is 38.6 Å². The molecule has 10 heteroatoms. The second kappa shape index (κ2) is 10.4. The van der Waals surface area contributed by atoms with E-state index in [1.807, 2.05) is 7.05 Å². The molecule has 0 bridgehead atoms. The van der Waals surface area contributed by atoms with Crippen LogP contribution in [-0.4, -0.2) is 62.8 Å². The average molecular weight is 520 g/mol.